The predicted octanol–water partition coefficient (Wildman–Crippen LogP) is 3.84. The molecule has 25 heavy (non-hydrogen) atoms. The summed E-state index contributed by atoms with van der Waals surface area (Å²) in [4.78, 5) is 25.7. The van der Waals surface area contributed by atoms with Crippen LogP contribution in [0.25, 0.3) is 0 Å². The van der Waals surface area contributed by atoms with Crippen molar-refractivity contribution in [1.29, 1.82) is 0 Å². The zero-order valence-electron chi connectivity index (χ0n) is 13.2. The topological polar surface area (TPSA) is 58.2 Å². The lowest BCUT2D eigenvalue weighted by molar-refractivity contribution is -0.113. The minimum Gasteiger partial charge on any atom is -0.345 e. The lowest BCUT2D eigenvalue weighted by Crippen LogP contribution is -2.31. The minimum absolute atomic E-state index is 0.0660. The summed E-state index contributed by atoms with van der Waals surface area (Å²) in [5, 5.41) is 5.79. The Bertz CT molecular complexity index is 872. The number of hydrogen-bond acceptors (Lipinski definition) is 4. The van der Waals surface area contributed by atoms with Gasteiger partial charge in [-0.3, -0.25) is 9.59 Å². The monoisotopic (exact) mass is 374 g/mol. The number of benzene rings is 2. The lowest BCUT2D eigenvalue weighted by Gasteiger charge is -2.26. The van der Waals surface area contributed by atoms with Gasteiger partial charge < -0.3 is 10.6 Å². The maximum Gasteiger partial charge on any atom is 0.251 e. The van der Waals surface area contributed by atoms with Gasteiger partial charge in [0.05, 0.1) is 17.5 Å². The smallest absolute Gasteiger partial charge is 0.251 e. The van der Waals surface area contributed by atoms with E-state index < -0.39 is 0 Å². The Balaban J connectivity index is 1.57. The van der Waals surface area contributed by atoms with E-state index in [0.717, 1.165) is 22.6 Å². The second-order valence-corrected chi connectivity index (χ2v) is 7.99. The normalized spacial score (nSPS) is 18.8. The van der Waals surface area contributed by atoms with E-state index in [1.807, 2.05) is 12.1 Å². The molecule has 128 valence electrons. The van der Waals surface area contributed by atoms with E-state index in [1.165, 1.54) is 29.6 Å². The molecule has 1 atom stereocenters. The number of anilines is 1. The second-order valence-electron chi connectivity index (χ2n) is 5.87. The predicted molar refractivity (Wildman–Crippen MR) is 97.7 cm³/mol. The molecule has 0 fully saturated rings. The molecule has 2 aliphatic rings. The number of thioether (sulfide) groups is 2. The van der Waals surface area contributed by atoms with Crippen LogP contribution in [0.15, 0.2) is 46.2 Å². The SMILES string of the molecule is O=C1CSc2ccc(C(=O)NC3CCSc4c(F)cccc43)cc2N1. The molecule has 0 aromatic heterocycles. The van der Waals surface area contributed by atoms with Crippen LogP contribution in [-0.4, -0.2) is 23.3 Å². The van der Waals surface area contributed by atoms with Gasteiger partial charge in [-0.2, -0.15) is 0 Å². The first-order chi connectivity index (χ1) is 12.1. The Morgan fingerprint density at radius 2 is 2.12 bits per heavy atom. The van der Waals surface area contributed by atoms with Crippen molar-refractivity contribution in [3.8, 4) is 0 Å². The molecule has 4 rings (SSSR count). The Morgan fingerprint density at radius 3 is 3.00 bits per heavy atom. The van der Waals surface area contributed by atoms with Crippen LogP contribution >= 0.6 is 23.5 Å². The van der Waals surface area contributed by atoms with Crippen LogP contribution in [0.4, 0.5) is 10.1 Å². The largest absolute Gasteiger partial charge is 0.345 e. The number of halogens is 1. The van der Waals surface area contributed by atoms with Crippen molar-refractivity contribution in [2.45, 2.75) is 22.3 Å². The van der Waals surface area contributed by atoms with Gasteiger partial charge in [-0.05, 0) is 36.2 Å². The van der Waals surface area contributed by atoms with Crippen LogP contribution in [-0.2, 0) is 4.79 Å². The van der Waals surface area contributed by atoms with Gasteiger partial charge in [0.15, 0.2) is 0 Å². The van der Waals surface area contributed by atoms with Crippen molar-refractivity contribution >= 4 is 41.0 Å². The van der Waals surface area contributed by atoms with Crippen LogP contribution in [0.1, 0.15) is 28.4 Å². The quantitative estimate of drug-likeness (QED) is 0.839. The van der Waals surface area contributed by atoms with Crippen molar-refractivity contribution in [1.82, 2.24) is 5.32 Å². The van der Waals surface area contributed by atoms with Crippen molar-refractivity contribution in [3.63, 3.8) is 0 Å². The number of rotatable bonds is 2. The highest BCUT2D eigenvalue weighted by molar-refractivity contribution is 8.00. The van der Waals surface area contributed by atoms with Gasteiger partial charge in [0.2, 0.25) is 5.91 Å². The third-order valence-corrected chi connectivity index (χ3v) is 6.44. The van der Waals surface area contributed by atoms with E-state index in [4.69, 9.17) is 0 Å². The highest BCUT2D eigenvalue weighted by Crippen LogP contribution is 2.38. The Morgan fingerprint density at radius 1 is 1.24 bits per heavy atom. The fourth-order valence-electron chi connectivity index (χ4n) is 3.00. The molecule has 0 saturated heterocycles. The first kappa shape index (κ1) is 16.5. The van der Waals surface area contributed by atoms with Crippen LogP contribution in [0, 0.1) is 5.82 Å². The van der Waals surface area contributed by atoms with Crippen molar-refractivity contribution in [3.05, 3.63) is 53.3 Å². The number of carbonyl (C=O) groups excluding carboxylic acids is 2. The molecule has 4 nitrogen and oxygen atoms in total. The van der Waals surface area contributed by atoms with Crippen LogP contribution in [0.5, 0.6) is 0 Å². The summed E-state index contributed by atoms with van der Waals surface area (Å²) in [6.45, 7) is 0. The third kappa shape index (κ3) is 3.26. The van der Waals surface area contributed by atoms with E-state index in [-0.39, 0.29) is 23.7 Å². The van der Waals surface area contributed by atoms with Crippen molar-refractivity contribution < 1.29 is 14.0 Å². The van der Waals surface area contributed by atoms with E-state index in [9.17, 15) is 14.0 Å². The van der Waals surface area contributed by atoms with Crippen molar-refractivity contribution in [2.75, 3.05) is 16.8 Å². The van der Waals surface area contributed by atoms with E-state index >= 15 is 0 Å². The number of nitrogens with one attached hydrogen (secondary N) is 2. The summed E-state index contributed by atoms with van der Waals surface area (Å²) >= 11 is 2.94. The van der Waals surface area contributed by atoms with Crippen LogP contribution in [0.3, 0.4) is 0 Å². The molecule has 0 saturated carbocycles. The highest BCUT2D eigenvalue weighted by Gasteiger charge is 2.25. The molecule has 2 heterocycles. The van der Waals surface area contributed by atoms with Gasteiger partial charge in [0.25, 0.3) is 5.91 Å². The van der Waals surface area contributed by atoms with Gasteiger partial charge in [0.1, 0.15) is 5.82 Å². The van der Waals surface area contributed by atoms with Crippen LogP contribution in [0.2, 0.25) is 0 Å². The number of amides is 2. The van der Waals surface area contributed by atoms with Gasteiger partial charge in [-0.25, -0.2) is 4.39 Å². The zero-order chi connectivity index (χ0) is 17.4. The number of carbonyl (C=O) groups is 2. The average Bonchev–Trinajstić information content (AvgIpc) is 2.62. The lowest BCUT2D eigenvalue weighted by atomic mass is 10.0. The first-order valence-electron chi connectivity index (χ1n) is 7.90. The van der Waals surface area contributed by atoms with Crippen molar-refractivity contribution in [2.24, 2.45) is 0 Å². The number of hydrogen-bond donors (Lipinski definition) is 2. The maximum atomic E-state index is 14.0. The molecule has 2 aromatic rings. The zero-order valence-corrected chi connectivity index (χ0v) is 14.8. The molecule has 2 amide bonds. The molecule has 0 bridgehead atoms. The molecular weight excluding hydrogens is 359 g/mol. The highest BCUT2D eigenvalue weighted by atomic mass is 32.2. The fourth-order valence-corrected chi connectivity index (χ4v) is 4.93. The molecular formula is C18H15FN2O2S2. The van der Waals surface area contributed by atoms with E-state index in [2.05, 4.69) is 10.6 Å². The molecule has 0 spiro atoms. The molecule has 1 unspecified atom stereocenters. The van der Waals surface area contributed by atoms with E-state index in [1.54, 1.807) is 18.2 Å². The fraction of sp³-hybridized carbons (Fsp3) is 0.222. The third-order valence-electron chi connectivity index (χ3n) is 4.21. The first-order valence-corrected chi connectivity index (χ1v) is 9.88. The second kappa shape index (κ2) is 6.72. The summed E-state index contributed by atoms with van der Waals surface area (Å²) in [7, 11) is 0. The van der Waals surface area contributed by atoms with Gasteiger partial charge >= 0.3 is 0 Å². The standard InChI is InChI=1S/C18H15FN2O2S2/c19-12-3-1-2-11-13(6-7-24-17(11)12)21-18(23)10-4-5-15-14(8-10)20-16(22)9-25-15/h1-5,8,13H,6-7,9H2,(H,20,22)(H,21,23). The molecule has 0 radical (unpaired) electrons. The average molecular weight is 374 g/mol. The molecule has 2 aromatic carbocycles. The van der Waals surface area contributed by atoms with Gasteiger partial charge in [-0.1, -0.05) is 12.1 Å². The Labute approximate surface area is 153 Å². The summed E-state index contributed by atoms with van der Waals surface area (Å²) in [5.74, 6) is 0.620. The summed E-state index contributed by atoms with van der Waals surface area (Å²) in [6, 6.07) is 10.1. The van der Waals surface area contributed by atoms with Crippen LogP contribution < -0.4 is 10.6 Å². The minimum atomic E-state index is -0.241. The Hall–Kier alpha value is -1.99. The molecule has 2 aliphatic heterocycles. The number of fused-ring (bicyclic) bond motifs is 2. The van der Waals surface area contributed by atoms with Gasteiger partial charge in [-0.15, -0.1) is 23.5 Å². The molecule has 7 heteroatoms. The summed E-state index contributed by atoms with van der Waals surface area (Å²) < 4.78 is 14.0. The van der Waals surface area contributed by atoms with E-state index in [0.29, 0.717) is 21.9 Å². The molecule has 2 N–H and O–H groups in total. The Kier molecular flexibility index (Phi) is 4.43. The van der Waals surface area contributed by atoms with Gasteiger partial charge in [0, 0.05) is 21.1 Å². The summed E-state index contributed by atoms with van der Waals surface area (Å²) in [5.41, 5.74) is 1.98. The maximum absolute atomic E-state index is 14.0. The summed E-state index contributed by atoms with van der Waals surface area (Å²) in [6.07, 6.45) is 0.754. The molecule has 0 aliphatic carbocycles.